The molecule has 21 heavy (non-hydrogen) atoms. The second kappa shape index (κ2) is 6.41. The maximum atomic E-state index is 12.5. The van der Waals surface area contributed by atoms with E-state index in [0.717, 1.165) is 10.0 Å². The van der Waals surface area contributed by atoms with Crippen molar-refractivity contribution in [1.82, 2.24) is 4.90 Å². The molecule has 0 spiro atoms. The number of carbonyl (C=O) groups is 1. The van der Waals surface area contributed by atoms with E-state index >= 15 is 0 Å². The molecule has 1 aliphatic heterocycles. The number of halogens is 1. The summed E-state index contributed by atoms with van der Waals surface area (Å²) in [7, 11) is 0. The van der Waals surface area contributed by atoms with E-state index in [0.29, 0.717) is 25.3 Å². The minimum absolute atomic E-state index is 0.0423. The molecular weight excluding hydrogens is 330 g/mol. The summed E-state index contributed by atoms with van der Waals surface area (Å²) < 4.78 is 6.77. The van der Waals surface area contributed by atoms with E-state index in [4.69, 9.17) is 4.74 Å². The second-order valence-electron chi connectivity index (χ2n) is 5.03. The number of amides is 1. The van der Waals surface area contributed by atoms with Crippen LogP contribution in [0.15, 0.2) is 59.1 Å². The maximum Gasteiger partial charge on any atom is 0.254 e. The predicted molar refractivity (Wildman–Crippen MR) is 85.2 cm³/mol. The van der Waals surface area contributed by atoms with Gasteiger partial charge in [-0.15, -0.1) is 0 Å². The van der Waals surface area contributed by atoms with Crippen LogP contribution in [0.3, 0.4) is 0 Å². The third-order valence-electron chi connectivity index (χ3n) is 3.62. The van der Waals surface area contributed by atoms with Crippen LogP contribution in [0.5, 0.6) is 0 Å². The lowest BCUT2D eigenvalue weighted by Crippen LogP contribution is -2.42. The standard InChI is InChI=1S/C17H16BrNO2/c18-15-8-6-14(7-9-15)17(20)19-10-11-21-16(12-19)13-4-2-1-3-5-13/h1-9,16H,10-12H2/t16-/m0/s1. The first kappa shape index (κ1) is 14.3. The van der Waals surface area contributed by atoms with E-state index in [-0.39, 0.29) is 12.0 Å². The highest BCUT2D eigenvalue weighted by molar-refractivity contribution is 9.10. The summed E-state index contributed by atoms with van der Waals surface area (Å²) in [6, 6.07) is 17.5. The van der Waals surface area contributed by atoms with Crippen LogP contribution in [0, 0.1) is 0 Å². The Morgan fingerprint density at radius 2 is 1.81 bits per heavy atom. The summed E-state index contributed by atoms with van der Waals surface area (Å²) in [6.45, 7) is 1.80. The SMILES string of the molecule is O=C(c1ccc(Br)cc1)N1CCO[C@H](c2ccccc2)C1. The molecule has 4 heteroatoms. The Hall–Kier alpha value is -1.65. The summed E-state index contributed by atoms with van der Waals surface area (Å²) in [4.78, 5) is 14.4. The topological polar surface area (TPSA) is 29.5 Å². The number of rotatable bonds is 2. The van der Waals surface area contributed by atoms with Gasteiger partial charge in [0.15, 0.2) is 0 Å². The highest BCUT2D eigenvalue weighted by atomic mass is 79.9. The fourth-order valence-corrected chi connectivity index (χ4v) is 2.74. The van der Waals surface area contributed by atoms with Crippen molar-refractivity contribution < 1.29 is 9.53 Å². The molecule has 2 aromatic carbocycles. The van der Waals surface area contributed by atoms with Gasteiger partial charge in [-0.1, -0.05) is 46.3 Å². The van der Waals surface area contributed by atoms with Crippen LogP contribution in [0.4, 0.5) is 0 Å². The van der Waals surface area contributed by atoms with Crippen molar-refractivity contribution in [1.29, 1.82) is 0 Å². The third kappa shape index (κ3) is 3.34. The lowest BCUT2D eigenvalue weighted by molar-refractivity contribution is -0.0228. The third-order valence-corrected chi connectivity index (χ3v) is 4.14. The van der Waals surface area contributed by atoms with Gasteiger partial charge in [0.25, 0.3) is 5.91 Å². The zero-order valence-electron chi connectivity index (χ0n) is 11.5. The molecule has 1 heterocycles. The Bertz CT molecular complexity index is 612. The molecule has 0 saturated carbocycles. The largest absolute Gasteiger partial charge is 0.370 e. The van der Waals surface area contributed by atoms with Crippen molar-refractivity contribution in [2.45, 2.75) is 6.10 Å². The molecule has 0 N–H and O–H groups in total. The Morgan fingerprint density at radius 3 is 2.52 bits per heavy atom. The van der Waals surface area contributed by atoms with Gasteiger partial charge in [-0.3, -0.25) is 4.79 Å². The quantitative estimate of drug-likeness (QED) is 0.831. The number of hydrogen-bond donors (Lipinski definition) is 0. The Balaban J connectivity index is 1.74. The van der Waals surface area contributed by atoms with E-state index in [9.17, 15) is 4.79 Å². The zero-order chi connectivity index (χ0) is 14.7. The lowest BCUT2D eigenvalue weighted by Gasteiger charge is -2.33. The summed E-state index contributed by atoms with van der Waals surface area (Å²) in [6.07, 6.45) is -0.0423. The summed E-state index contributed by atoms with van der Waals surface area (Å²) in [5, 5.41) is 0. The zero-order valence-corrected chi connectivity index (χ0v) is 13.1. The van der Waals surface area contributed by atoms with Crippen LogP contribution >= 0.6 is 15.9 Å². The Morgan fingerprint density at radius 1 is 1.10 bits per heavy atom. The number of benzene rings is 2. The molecule has 1 atom stereocenters. The van der Waals surface area contributed by atoms with Gasteiger partial charge >= 0.3 is 0 Å². The van der Waals surface area contributed by atoms with E-state index in [2.05, 4.69) is 15.9 Å². The molecule has 2 aromatic rings. The molecule has 0 unspecified atom stereocenters. The van der Waals surface area contributed by atoms with Gasteiger partial charge in [0.2, 0.25) is 0 Å². The molecule has 1 amide bonds. The first-order valence-corrected chi connectivity index (χ1v) is 7.75. The number of ether oxygens (including phenoxy) is 1. The van der Waals surface area contributed by atoms with Gasteiger partial charge in [0.05, 0.1) is 13.2 Å². The molecular formula is C17H16BrNO2. The highest BCUT2D eigenvalue weighted by Gasteiger charge is 2.25. The van der Waals surface area contributed by atoms with Crippen molar-refractivity contribution in [3.8, 4) is 0 Å². The monoisotopic (exact) mass is 345 g/mol. The average Bonchev–Trinajstić information content (AvgIpc) is 2.56. The number of carbonyl (C=O) groups excluding carboxylic acids is 1. The Kier molecular flexibility index (Phi) is 4.36. The van der Waals surface area contributed by atoms with Crippen LogP contribution in [0.1, 0.15) is 22.0 Å². The summed E-state index contributed by atoms with van der Waals surface area (Å²) >= 11 is 3.39. The molecule has 0 radical (unpaired) electrons. The van der Waals surface area contributed by atoms with Gasteiger partial charge in [0, 0.05) is 16.6 Å². The average molecular weight is 346 g/mol. The smallest absolute Gasteiger partial charge is 0.254 e. The van der Waals surface area contributed by atoms with Gasteiger partial charge in [-0.25, -0.2) is 0 Å². The first-order chi connectivity index (χ1) is 10.2. The lowest BCUT2D eigenvalue weighted by atomic mass is 10.1. The Labute approximate surface area is 132 Å². The van der Waals surface area contributed by atoms with Crippen LogP contribution in [-0.4, -0.2) is 30.5 Å². The minimum Gasteiger partial charge on any atom is -0.370 e. The van der Waals surface area contributed by atoms with Gasteiger partial charge in [-0.2, -0.15) is 0 Å². The molecule has 1 saturated heterocycles. The van der Waals surface area contributed by atoms with Crippen LogP contribution in [0.25, 0.3) is 0 Å². The van der Waals surface area contributed by atoms with Gasteiger partial charge in [0.1, 0.15) is 6.10 Å². The van der Waals surface area contributed by atoms with Crippen LogP contribution in [-0.2, 0) is 4.74 Å². The molecule has 1 aliphatic rings. The second-order valence-corrected chi connectivity index (χ2v) is 5.94. The minimum atomic E-state index is -0.0423. The molecule has 0 aromatic heterocycles. The number of nitrogens with zero attached hydrogens (tertiary/aromatic N) is 1. The van der Waals surface area contributed by atoms with E-state index in [1.54, 1.807) is 0 Å². The summed E-state index contributed by atoms with van der Waals surface area (Å²) in [5.74, 6) is 0.0618. The van der Waals surface area contributed by atoms with Gasteiger partial charge < -0.3 is 9.64 Å². The predicted octanol–water partition coefficient (Wildman–Crippen LogP) is 3.66. The van der Waals surface area contributed by atoms with E-state index < -0.39 is 0 Å². The van der Waals surface area contributed by atoms with E-state index in [1.807, 2.05) is 59.5 Å². The fraction of sp³-hybridized carbons (Fsp3) is 0.235. The molecule has 1 fully saturated rings. The van der Waals surface area contributed by atoms with Gasteiger partial charge in [-0.05, 0) is 29.8 Å². The van der Waals surface area contributed by atoms with Crippen LogP contribution < -0.4 is 0 Å². The molecule has 0 aliphatic carbocycles. The van der Waals surface area contributed by atoms with Crippen molar-refractivity contribution in [2.24, 2.45) is 0 Å². The van der Waals surface area contributed by atoms with Crippen molar-refractivity contribution in [3.63, 3.8) is 0 Å². The van der Waals surface area contributed by atoms with Crippen molar-refractivity contribution in [2.75, 3.05) is 19.7 Å². The molecule has 3 nitrogen and oxygen atoms in total. The van der Waals surface area contributed by atoms with Crippen molar-refractivity contribution in [3.05, 3.63) is 70.2 Å². The normalized spacial score (nSPS) is 18.5. The van der Waals surface area contributed by atoms with Crippen molar-refractivity contribution >= 4 is 21.8 Å². The molecule has 0 bridgehead atoms. The molecule has 3 rings (SSSR count). The summed E-state index contributed by atoms with van der Waals surface area (Å²) in [5.41, 5.74) is 1.83. The highest BCUT2D eigenvalue weighted by Crippen LogP contribution is 2.23. The fourth-order valence-electron chi connectivity index (χ4n) is 2.48. The number of hydrogen-bond acceptors (Lipinski definition) is 2. The van der Waals surface area contributed by atoms with E-state index in [1.165, 1.54) is 0 Å². The number of morpholine rings is 1. The van der Waals surface area contributed by atoms with Crippen LogP contribution in [0.2, 0.25) is 0 Å². The molecule has 108 valence electrons. The maximum absolute atomic E-state index is 12.5. The first-order valence-electron chi connectivity index (χ1n) is 6.95.